The molecule has 0 aromatic carbocycles. The van der Waals surface area contributed by atoms with Gasteiger partial charge in [-0.05, 0) is 13.3 Å². The van der Waals surface area contributed by atoms with Gasteiger partial charge in [-0.3, -0.25) is 9.59 Å². The zero-order chi connectivity index (χ0) is 12.4. The molecule has 0 aliphatic carbocycles. The lowest BCUT2D eigenvalue weighted by Crippen LogP contribution is -2.42. The van der Waals surface area contributed by atoms with Gasteiger partial charge in [0, 0.05) is 13.0 Å². The Balaban J connectivity index is 2.06. The number of likely N-dealkylation sites (tertiary alicyclic amines) is 1. The van der Waals surface area contributed by atoms with Crippen LogP contribution in [0.25, 0.3) is 0 Å². The summed E-state index contributed by atoms with van der Waals surface area (Å²) in [5, 5.41) is 16.2. The molecule has 17 heavy (non-hydrogen) atoms. The van der Waals surface area contributed by atoms with Gasteiger partial charge in [-0.2, -0.15) is 0 Å². The normalized spacial score (nSPS) is 20.6. The number of carboxylic acids is 1. The zero-order valence-corrected chi connectivity index (χ0v) is 9.42. The van der Waals surface area contributed by atoms with Gasteiger partial charge in [0.25, 0.3) is 0 Å². The largest absolute Gasteiger partial charge is 0.481 e. The van der Waals surface area contributed by atoms with E-state index in [1.165, 1.54) is 4.90 Å². The quantitative estimate of drug-likeness (QED) is 0.809. The lowest BCUT2D eigenvalue weighted by Gasteiger charge is -2.29. The van der Waals surface area contributed by atoms with E-state index < -0.39 is 11.9 Å². The maximum atomic E-state index is 11.7. The molecule has 1 aliphatic heterocycles. The van der Waals surface area contributed by atoms with Crippen LogP contribution in [0.5, 0.6) is 0 Å². The minimum absolute atomic E-state index is 0.0510. The average molecular weight is 239 g/mol. The lowest BCUT2D eigenvalue weighted by molar-refractivity contribution is -0.147. The minimum atomic E-state index is -0.863. The molecule has 7 nitrogen and oxygen atoms in total. The van der Waals surface area contributed by atoms with Crippen molar-refractivity contribution in [3.8, 4) is 0 Å². The Kier molecular flexibility index (Phi) is 3.08. The van der Waals surface area contributed by atoms with E-state index in [1.54, 1.807) is 6.92 Å². The van der Waals surface area contributed by atoms with Crippen molar-refractivity contribution in [1.82, 2.24) is 15.2 Å². The topological polar surface area (TPSA) is 96.5 Å². The van der Waals surface area contributed by atoms with Crippen LogP contribution in [0.3, 0.4) is 0 Å². The van der Waals surface area contributed by atoms with Crippen LogP contribution in [0, 0.1) is 12.8 Å². The Morgan fingerprint density at radius 1 is 1.59 bits per heavy atom. The van der Waals surface area contributed by atoms with Crippen molar-refractivity contribution in [2.75, 3.05) is 6.54 Å². The summed E-state index contributed by atoms with van der Waals surface area (Å²) in [4.78, 5) is 24.0. The van der Waals surface area contributed by atoms with Crippen LogP contribution in [-0.4, -0.2) is 38.7 Å². The molecule has 0 bridgehead atoms. The molecular weight excluding hydrogens is 226 g/mol. The molecule has 2 rings (SSSR count). The van der Waals surface area contributed by atoms with Gasteiger partial charge in [0.2, 0.25) is 5.91 Å². The monoisotopic (exact) mass is 239 g/mol. The third-order valence-electron chi connectivity index (χ3n) is 2.94. The van der Waals surface area contributed by atoms with Gasteiger partial charge in [0.1, 0.15) is 11.4 Å². The number of hydrogen-bond acceptors (Lipinski definition) is 5. The highest BCUT2D eigenvalue weighted by molar-refractivity contribution is 5.80. The molecule has 2 heterocycles. The summed E-state index contributed by atoms with van der Waals surface area (Å²) in [6, 6.07) is 0. The lowest BCUT2D eigenvalue weighted by atomic mass is 9.97. The summed E-state index contributed by atoms with van der Waals surface area (Å²) in [6.45, 7) is 2.22. The van der Waals surface area contributed by atoms with Crippen molar-refractivity contribution in [2.24, 2.45) is 5.92 Å². The molecule has 1 aromatic rings. The van der Waals surface area contributed by atoms with E-state index in [-0.39, 0.29) is 25.4 Å². The van der Waals surface area contributed by atoms with E-state index in [0.29, 0.717) is 17.8 Å². The second kappa shape index (κ2) is 4.52. The number of aryl methyl sites for hydroxylation is 1. The number of aliphatic carboxylic acids is 1. The van der Waals surface area contributed by atoms with Crippen LogP contribution in [0.4, 0.5) is 0 Å². The molecule has 1 aromatic heterocycles. The molecule has 1 fully saturated rings. The van der Waals surface area contributed by atoms with Crippen LogP contribution in [0.15, 0.2) is 4.63 Å². The number of carboxylic acid groups (broad SMARTS) is 1. The number of piperidine rings is 1. The van der Waals surface area contributed by atoms with Crippen molar-refractivity contribution in [2.45, 2.75) is 26.3 Å². The summed E-state index contributed by atoms with van der Waals surface area (Å²) in [5.41, 5.74) is 1.19. The fourth-order valence-electron chi connectivity index (χ4n) is 1.84. The Bertz CT molecular complexity index is 443. The molecule has 1 aliphatic rings. The molecule has 1 amide bonds. The van der Waals surface area contributed by atoms with Crippen LogP contribution in [0.2, 0.25) is 0 Å². The third kappa shape index (κ3) is 2.43. The Labute approximate surface area is 97.4 Å². The van der Waals surface area contributed by atoms with Crippen molar-refractivity contribution in [3.05, 3.63) is 11.4 Å². The van der Waals surface area contributed by atoms with E-state index in [0.717, 1.165) is 0 Å². The van der Waals surface area contributed by atoms with Gasteiger partial charge < -0.3 is 10.0 Å². The van der Waals surface area contributed by atoms with Crippen molar-refractivity contribution < 1.29 is 19.3 Å². The summed E-state index contributed by atoms with van der Waals surface area (Å²) < 4.78 is 4.54. The first-order chi connectivity index (χ1) is 8.08. The fraction of sp³-hybridized carbons (Fsp3) is 0.600. The van der Waals surface area contributed by atoms with E-state index in [2.05, 4.69) is 14.9 Å². The maximum Gasteiger partial charge on any atom is 0.308 e. The first-order valence-corrected chi connectivity index (χ1v) is 5.36. The van der Waals surface area contributed by atoms with Crippen LogP contribution in [-0.2, 0) is 16.1 Å². The number of amides is 1. The number of carbonyl (C=O) groups excluding carboxylic acids is 1. The smallest absolute Gasteiger partial charge is 0.308 e. The van der Waals surface area contributed by atoms with E-state index in [1.807, 2.05) is 0 Å². The van der Waals surface area contributed by atoms with E-state index >= 15 is 0 Å². The summed E-state index contributed by atoms with van der Waals surface area (Å²) >= 11 is 0. The molecule has 7 heteroatoms. The van der Waals surface area contributed by atoms with Gasteiger partial charge in [-0.15, -0.1) is 0 Å². The number of aromatic nitrogens is 2. The second-order valence-corrected chi connectivity index (χ2v) is 4.14. The molecule has 1 saturated heterocycles. The van der Waals surface area contributed by atoms with Crippen molar-refractivity contribution in [3.63, 3.8) is 0 Å². The number of hydrogen-bond donors (Lipinski definition) is 1. The number of rotatable bonds is 3. The molecule has 0 radical (unpaired) electrons. The molecule has 1 unspecified atom stereocenters. The Hall–Kier alpha value is -1.92. The highest BCUT2D eigenvalue weighted by atomic mass is 16.6. The fourth-order valence-corrected chi connectivity index (χ4v) is 1.84. The first-order valence-electron chi connectivity index (χ1n) is 5.36. The van der Waals surface area contributed by atoms with Crippen molar-refractivity contribution >= 4 is 11.9 Å². The van der Waals surface area contributed by atoms with Crippen molar-refractivity contribution in [1.29, 1.82) is 0 Å². The number of carbonyl (C=O) groups is 2. The molecule has 0 spiro atoms. The predicted molar refractivity (Wildman–Crippen MR) is 54.8 cm³/mol. The summed E-state index contributed by atoms with van der Waals surface area (Å²) in [5.74, 6) is -1.41. The number of nitrogens with zero attached hydrogens (tertiary/aromatic N) is 3. The molecule has 92 valence electrons. The maximum absolute atomic E-state index is 11.7. The molecular formula is C10H13N3O4. The van der Waals surface area contributed by atoms with Gasteiger partial charge in [0.15, 0.2) is 0 Å². The highest BCUT2D eigenvalue weighted by Crippen LogP contribution is 2.20. The Morgan fingerprint density at radius 2 is 2.35 bits per heavy atom. The van der Waals surface area contributed by atoms with E-state index in [4.69, 9.17) is 5.11 Å². The van der Waals surface area contributed by atoms with Crippen LogP contribution < -0.4 is 0 Å². The average Bonchev–Trinajstić information content (AvgIpc) is 2.67. The van der Waals surface area contributed by atoms with E-state index in [9.17, 15) is 9.59 Å². The summed E-state index contributed by atoms with van der Waals surface area (Å²) in [6.07, 6.45) is 0.669. The standard InChI is InChI=1S/C10H13N3O4/c1-6-8(12-17-11-6)5-13-4-7(10(15)16)2-3-9(13)14/h7H,2-5H2,1H3,(H,15,16). The van der Waals surface area contributed by atoms with Gasteiger partial charge in [-0.25, -0.2) is 4.63 Å². The molecule has 0 saturated carbocycles. The van der Waals surface area contributed by atoms with Crippen LogP contribution >= 0.6 is 0 Å². The SMILES string of the molecule is Cc1nonc1CN1CC(C(=O)O)CCC1=O. The zero-order valence-electron chi connectivity index (χ0n) is 9.42. The highest BCUT2D eigenvalue weighted by Gasteiger charge is 2.30. The van der Waals surface area contributed by atoms with Crippen LogP contribution in [0.1, 0.15) is 24.2 Å². The molecule has 1 atom stereocenters. The van der Waals surface area contributed by atoms with Gasteiger partial charge >= 0.3 is 5.97 Å². The Morgan fingerprint density at radius 3 is 2.94 bits per heavy atom. The van der Waals surface area contributed by atoms with Gasteiger partial charge in [0.05, 0.1) is 12.5 Å². The summed E-state index contributed by atoms with van der Waals surface area (Å²) in [7, 11) is 0. The minimum Gasteiger partial charge on any atom is -0.481 e. The first kappa shape index (κ1) is 11.6. The second-order valence-electron chi connectivity index (χ2n) is 4.14. The van der Waals surface area contributed by atoms with Gasteiger partial charge in [-0.1, -0.05) is 10.3 Å². The molecule has 1 N–H and O–H groups in total. The third-order valence-corrected chi connectivity index (χ3v) is 2.94. The predicted octanol–water partition coefficient (Wildman–Crippen LogP) is 0.201.